The van der Waals surface area contributed by atoms with E-state index in [1.807, 2.05) is 44.2 Å². The molecule has 0 saturated heterocycles. The predicted octanol–water partition coefficient (Wildman–Crippen LogP) is 3.20. The Balaban J connectivity index is 1.85. The van der Waals surface area contributed by atoms with Crippen LogP contribution >= 0.6 is 0 Å². The van der Waals surface area contributed by atoms with E-state index in [0.29, 0.717) is 5.92 Å². The highest BCUT2D eigenvalue weighted by atomic mass is 16.5. The monoisotopic (exact) mass is 317 g/mol. The van der Waals surface area contributed by atoms with Crippen molar-refractivity contribution in [1.29, 1.82) is 0 Å². The van der Waals surface area contributed by atoms with Crippen LogP contribution in [0.4, 0.5) is 0 Å². The number of carbonyl (C=O) groups excluding carboxylic acids is 2. The maximum absolute atomic E-state index is 12.3. The SMILES string of the molecule is C[C@H]1CCCC[C@@H]1NC(=O)COC(=O)C(C)(C)c1ccccc1. The second kappa shape index (κ2) is 7.62. The zero-order valence-electron chi connectivity index (χ0n) is 14.3. The van der Waals surface area contributed by atoms with E-state index >= 15 is 0 Å². The van der Waals surface area contributed by atoms with Crippen LogP contribution in [0.1, 0.15) is 52.0 Å². The minimum atomic E-state index is -0.764. The second-order valence-electron chi connectivity index (χ2n) is 7.00. The molecular weight excluding hydrogens is 290 g/mol. The molecule has 2 rings (SSSR count). The zero-order valence-corrected chi connectivity index (χ0v) is 14.3. The molecule has 126 valence electrons. The number of benzene rings is 1. The first kappa shape index (κ1) is 17.5. The molecule has 0 aliphatic heterocycles. The Morgan fingerprint density at radius 1 is 1.17 bits per heavy atom. The number of hydrogen-bond donors (Lipinski definition) is 1. The molecule has 1 aromatic carbocycles. The molecule has 4 heteroatoms. The molecule has 0 aromatic heterocycles. The van der Waals surface area contributed by atoms with Gasteiger partial charge in [0.1, 0.15) is 0 Å². The van der Waals surface area contributed by atoms with Gasteiger partial charge in [0.25, 0.3) is 5.91 Å². The summed E-state index contributed by atoms with van der Waals surface area (Å²) in [6.45, 7) is 5.57. The number of hydrogen-bond acceptors (Lipinski definition) is 3. The van der Waals surface area contributed by atoms with Gasteiger partial charge in [0.2, 0.25) is 0 Å². The van der Waals surface area contributed by atoms with Crippen molar-refractivity contribution >= 4 is 11.9 Å². The third-order valence-electron chi connectivity index (χ3n) is 4.80. The van der Waals surface area contributed by atoms with Crippen LogP contribution in [0.15, 0.2) is 30.3 Å². The third kappa shape index (κ3) is 4.57. The Morgan fingerprint density at radius 2 is 1.83 bits per heavy atom. The highest BCUT2D eigenvalue weighted by molar-refractivity contribution is 5.85. The lowest BCUT2D eigenvalue weighted by atomic mass is 9.85. The molecule has 0 unspecified atom stereocenters. The van der Waals surface area contributed by atoms with E-state index in [1.54, 1.807) is 0 Å². The molecule has 1 aliphatic carbocycles. The fourth-order valence-electron chi connectivity index (χ4n) is 3.06. The predicted molar refractivity (Wildman–Crippen MR) is 90.0 cm³/mol. The van der Waals surface area contributed by atoms with Crippen LogP contribution < -0.4 is 5.32 Å². The minimum Gasteiger partial charge on any atom is -0.455 e. The van der Waals surface area contributed by atoms with Gasteiger partial charge in [-0.3, -0.25) is 9.59 Å². The van der Waals surface area contributed by atoms with E-state index in [0.717, 1.165) is 24.8 Å². The summed E-state index contributed by atoms with van der Waals surface area (Å²) in [5.74, 6) is -0.0966. The van der Waals surface area contributed by atoms with Gasteiger partial charge in [0.15, 0.2) is 6.61 Å². The van der Waals surface area contributed by atoms with E-state index in [2.05, 4.69) is 12.2 Å². The quantitative estimate of drug-likeness (QED) is 0.849. The number of nitrogens with one attached hydrogen (secondary N) is 1. The molecule has 0 spiro atoms. The normalized spacial score (nSPS) is 21.5. The molecule has 1 aromatic rings. The summed E-state index contributed by atoms with van der Waals surface area (Å²) >= 11 is 0. The second-order valence-corrected chi connectivity index (χ2v) is 7.00. The van der Waals surface area contributed by atoms with E-state index in [4.69, 9.17) is 4.74 Å². The maximum atomic E-state index is 12.3. The molecule has 4 nitrogen and oxygen atoms in total. The van der Waals surface area contributed by atoms with Crippen LogP contribution in [-0.4, -0.2) is 24.5 Å². The fraction of sp³-hybridized carbons (Fsp3) is 0.579. The van der Waals surface area contributed by atoms with Crippen molar-refractivity contribution < 1.29 is 14.3 Å². The summed E-state index contributed by atoms with van der Waals surface area (Å²) < 4.78 is 5.25. The van der Waals surface area contributed by atoms with E-state index in [-0.39, 0.29) is 24.5 Å². The summed E-state index contributed by atoms with van der Waals surface area (Å²) in [6, 6.07) is 9.68. The van der Waals surface area contributed by atoms with Crippen molar-refractivity contribution in [3.05, 3.63) is 35.9 Å². The standard InChI is InChI=1S/C19H27NO3/c1-14-9-7-8-12-16(14)20-17(21)13-23-18(22)19(2,3)15-10-5-4-6-11-15/h4-6,10-11,14,16H,7-9,12-13H2,1-3H3,(H,20,21)/t14-,16-/m0/s1. The molecule has 0 heterocycles. The summed E-state index contributed by atoms with van der Waals surface area (Å²) in [7, 11) is 0. The summed E-state index contributed by atoms with van der Waals surface area (Å²) in [5.41, 5.74) is 0.117. The zero-order chi connectivity index (χ0) is 16.9. The summed E-state index contributed by atoms with van der Waals surface area (Å²) in [5, 5.41) is 3.00. The molecule has 23 heavy (non-hydrogen) atoms. The van der Waals surface area contributed by atoms with Crippen molar-refractivity contribution in [1.82, 2.24) is 5.32 Å². The minimum absolute atomic E-state index is 0.206. The largest absolute Gasteiger partial charge is 0.455 e. The Labute approximate surface area is 138 Å². The van der Waals surface area contributed by atoms with Crippen molar-refractivity contribution in [2.45, 2.75) is 57.9 Å². The molecule has 1 N–H and O–H groups in total. The van der Waals surface area contributed by atoms with Crippen molar-refractivity contribution in [3.8, 4) is 0 Å². The Hall–Kier alpha value is -1.84. The first-order chi connectivity index (χ1) is 10.9. The molecule has 1 saturated carbocycles. The lowest BCUT2D eigenvalue weighted by Crippen LogP contribution is -2.43. The third-order valence-corrected chi connectivity index (χ3v) is 4.80. The van der Waals surface area contributed by atoms with Crippen LogP contribution in [0.25, 0.3) is 0 Å². The van der Waals surface area contributed by atoms with Crippen LogP contribution in [0.2, 0.25) is 0 Å². The Kier molecular flexibility index (Phi) is 5.80. The first-order valence-electron chi connectivity index (χ1n) is 8.43. The number of ether oxygens (including phenoxy) is 1. The van der Waals surface area contributed by atoms with Gasteiger partial charge in [-0.25, -0.2) is 0 Å². The molecule has 1 aliphatic rings. The van der Waals surface area contributed by atoms with Crippen molar-refractivity contribution in [3.63, 3.8) is 0 Å². The lowest BCUT2D eigenvalue weighted by Gasteiger charge is -2.29. The number of rotatable bonds is 5. The molecule has 2 atom stereocenters. The highest BCUT2D eigenvalue weighted by Crippen LogP contribution is 2.25. The van der Waals surface area contributed by atoms with E-state index < -0.39 is 5.41 Å². The van der Waals surface area contributed by atoms with Crippen LogP contribution in [-0.2, 0) is 19.7 Å². The van der Waals surface area contributed by atoms with Gasteiger partial charge in [-0.2, -0.15) is 0 Å². The summed E-state index contributed by atoms with van der Waals surface area (Å²) in [6.07, 6.45) is 4.53. The Morgan fingerprint density at radius 3 is 2.48 bits per heavy atom. The first-order valence-corrected chi connectivity index (χ1v) is 8.43. The van der Waals surface area contributed by atoms with Crippen LogP contribution in [0, 0.1) is 5.92 Å². The number of amides is 1. The highest BCUT2D eigenvalue weighted by Gasteiger charge is 2.32. The molecule has 1 fully saturated rings. The molecular formula is C19H27NO3. The molecule has 0 radical (unpaired) electrons. The van der Waals surface area contributed by atoms with Gasteiger partial charge in [0.05, 0.1) is 5.41 Å². The van der Waals surface area contributed by atoms with Crippen molar-refractivity contribution in [2.75, 3.05) is 6.61 Å². The van der Waals surface area contributed by atoms with Crippen molar-refractivity contribution in [2.24, 2.45) is 5.92 Å². The van der Waals surface area contributed by atoms with Gasteiger partial charge in [-0.05, 0) is 38.2 Å². The lowest BCUT2D eigenvalue weighted by molar-refractivity contribution is -0.153. The molecule has 0 bridgehead atoms. The average Bonchev–Trinajstić information content (AvgIpc) is 2.55. The number of carbonyl (C=O) groups is 2. The van der Waals surface area contributed by atoms with Gasteiger partial charge >= 0.3 is 5.97 Å². The Bertz CT molecular complexity index is 539. The molecule has 1 amide bonds. The average molecular weight is 317 g/mol. The smallest absolute Gasteiger partial charge is 0.316 e. The van der Waals surface area contributed by atoms with Crippen LogP contribution in [0.3, 0.4) is 0 Å². The van der Waals surface area contributed by atoms with Gasteiger partial charge < -0.3 is 10.1 Å². The maximum Gasteiger partial charge on any atom is 0.316 e. The van der Waals surface area contributed by atoms with Gasteiger partial charge in [0, 0.05) is 6.04 Å². The van der Waals surface area contributed by atoms with E-state index in [1.165, 1.54) is 6.42 Å². The van der Waals surface area contributed by atoms with Crippen LogP contribution in [0.5, 0.6) is 0 Å². The number of esters is 1. The van der Waals surface area contributed by atoms with E-state index in [9.17, 15) is 9.59 Å². The topological polar surface area (TPSA) is 55.4 Å². The summed E-state index contributed by atoms with van der Waals surface area (Å²) in [4.78, 5) is 24.4. The van der Waals surface area contributed by atoms with Gasteiger partial charge in [-0.1, -0.05) is 50.1 Å². The fourth-order valence-corrected chi connectivity index (χ4v) is 3.06. The van der Waals surface area contributed by atoms with Gasteiger partial charge in [-0.15, -0.1) is 0 Å².